The summed E-state index contributed by atoms with van der Waals surface area (Å²) < 4.78 is 3.03. The number of fused-ring (bicyclic) bond motifs is 1. The average molecular weight is 364 g/mol. The number of benzene rings is 1. The number of halogens is 1. The van der Waals surface area contributed by atoms with E-state index in [0.29, 0.717) is 19.5 Å². The molecular formula is C17H22BrN3O. The van der Waals surface area contributed by atoms with Crippen LogP contribution in [0.5, 0.6) is 0 Å². The van der Waals surface area contributed by atoms with Gasteiger partial charge in [0.15, 0.2) is 0 Å². The van der Waals surface area contributed by atoms with Crippen LogP contribution in [0.1, 0.15) is 26.6 Å². The fourth-order valence-corrected chi connectivity index (χ4v) is 2.47. The van der Waals surface area contributed by atoms with E-state index in [0.717, 1.165) is 21.3 Å². The number of aromatic nitrogens is 2. The Labute approximate surface area is 139 Å². The number of rotatable bonds is 5. The van der Waals surface area contributed by atoms with Gasteiger partial charge in [0, 0.05) is 22.9 Å². The zero-order chi connectivity index (χ0) is 16.3. The Morgan fingerprint density at radius 3 is 2.68 bits per heavy atom. The third-order valence-electron chi connectivity index (χ3n) is 3.38. The summed E-state index contributed by atoms with van der Waals surface area (Å²) in [4.78, 5) is 16.6. The van der Waals surface area contributed by atoms with E-state index < -0.39 is 0 Å². The van der Waals surface area contributed by atoms with E-state index in [1.54, 1.807) is 0 Å². The molecule has 0 radical (unpaired) electrons. The van der Waals surface area contributed by atoms with Crippen molar-refractivity contribution in [2.75, 3.05) is 6.54 Å². The van der Waals surface area contributed by atoms with Crippen molar-refractivity contribution in [3.8, 4) is 0 Å². The molecule has 22 heavy (non-hydrogen) atoms. The highest BCUT2D eigenvalue weighted by Crippen LogP contribution is 2.19. The highest BCUT2D eigenvalue weighted by Gasteiger charge is 2.20. The molecule has 0 aliphatic carbocycles. The predicted octanol–water partition coefficient (Wildman–Crippen LogP) is 3.65. The molecule has 1 N–H and O–H groups in total. The summed E-state index contributed by atoms with van der Waals surface area (Å²) >= 11 is 3.42. The molecule has 0 aliphatic heterocycles. The van der Waals surface area contributed by atoms with Crippen LogP contribution in [0.15, 0.2) is 35.3 Å². The molecular weight excluding hydrogens is 342 g/mol. The van der Waals surface area contributed by atoms with Crippen LogP contribution in [-0.4, -0.2) is 22.0 Å². The van der Waals surface area contributed by atoms with Gasteiger partial charge in [-0.1, -0.05) is 55.4 Å². The molecule has 2 aromatic rings. The molecule has 0 bridgehead atoms. The Bertz CT molecular complexity index is 697. The standard InChI is InChI=1S/C17H22BrN3O/c1-12(18)11-21-14-8-6-5-7-13(14)20-15(21)9-10-19-16(22)17(2,3)4/h5-8H,1,9-11H2,2-4H3,(H,19,22). The van der Waals surface area contributed by atoms with Crippen LogP contribution < -0.4 is 5.32 Å². The molecule has 1 heterocycles. The molecule has 0 fully saturated rings. The van der Waals surface area contributed by atoms with Crippen molar-refractivity contribution in [1.82, 2.24) is 14.9 Å². The number of para-hydroxylation sites is 2. The Morgan fingerprint density at radius 1 is 1.36 bits per heavy atom. The third-order valence-corrected chi connectivity index (χ3v) is 3.63. The highest BCUT2D eigenvalue weighted by atomic mass is 79.9. The van der Waals surface area contributed by atoms with Gasteiger partial charge in [-0.2, -0.15) is 0 Å². The van der Waals surface area contributed by atoms with Gasteiger partial charge in [0.1, 0.15) is 5.82 Å². The number of hydrogen-bond acceptors (Lipinski definition) is 2. The lowest BCUT2D eigenvalue weighted by Crippen LogP contribution is -2.36. The van der Waals surface area contributed by atoms with Gasteiger partial charge in [0.25, 0.3) is 0 Å². The first-order valence-electron chi connectivity index (χ1n) is 7.35. The van der Waals surface area contributed by atoms with Crippen LogP contribution in [0.25, 0.3) is 11.0 Å². The fourth-order valence-electron chi connectivity index (χ4n) is 2.22. The summed E-state index contributed by atoms with van der Waals surface area (Å²) in [5.74, 6) is 1.01. The number of hydrogen-bond donors (Lipinski definition) is 1. The maximum atomic E-state index is 11.9. The minimum absolute atomic E-state index is 0.0556. The Kier molecular flexibility index (Phi) is 5.06. The van der Waals surface area contributed by atoms with Crippen molar-refractivity contribution >= 4 is 32.9 Å². The van der Waals surface area contributed by atoms with E-state index in [1.807, 2.05) is 39.0 Å². The lowest BCUT2D eigenvalue weighted by Gasteiger charge is -2.17. The number of imidazole rings is 1. The van der Waals surface area contributed by atoms with E-state index >= 15 is 0 Å². The molecule has 5 heteroatoms. The summed E-state index contributed by atoms with van der Waals surface area (Å²) in [6.45, 7) is 10.9. The van der Waals surface area contributed by atoms with Crippen LogP contribution in [0.2, 0.25) is 0 Å². The molecule has 0 spiro atoms. The van der Waals surface area contributed by atoms with Gasteiger partial charge in [-0.05, 0) is 12.1 Å². The number of nitrogens with zero attached hydrogens (tertiary/aromatic N) is 2. The van der Waals surface area contributed by atoms with Crippen LogP contribution >= 0.6 is 15.9 Å². The van der Waals surface area contributed by atoms with Crippen molar-refractivity contribution in [2.45, 2.75) is 33.7 Å². The van der Waals surface area contributed by atoms with Crippen LogP contribution in [0, 0.1) is 5.41 Å². The smallest absolute Gasteiger partial charge is 0.225 e. The zero-order valence-electron chi connectivity index (χ0n) is 13.3. The minimum Gasteiger partial charge on any atom is -0.355 e. The van der Waals surface area contributed by atoms with Gasteiger partial charge in [-0.3, -0.25) is 4.79 Å². The van der Waals surface area contributed by atoms with E-state index in [1.165, 1.54) is 0 Å². The number of nitrogens with one attached hydrogen (secondary N) is 1. The zero-order valence-corrected chi connectivity index (χ0v) is 14.9. The topological polar surface area (TPSA) is 46.9 Å². The van der Waals surface area contributed by atoms with E-state index in [-0.39, 0.29) is 11.3 Å². The van der Waals surface area contributed by atoms with Gasteiger partial charge in [-0.15, -0.1) is 0 Å². The Balaban J connectivity index is 2.16. The lowest BCUT2D eigenvalue weighted by molar-refractivity contribution is -0.128. The third kappa shape index (κ3) is 3.97. The summed E-state index contributed by atoms with van der Waals surface area (Å²) in [7, 11) is 0. The Hall–Kier alpha value is -1.62. The molecule has 1 aromatic heterocycles. The van der Waals surface area contributed by atoms with Gasteiger partial charge in [0.05, 0.1) is 17.6 Å². The second kappa shape index (κ2) is 6.65. The van der Waals surface area contributed by atoms with E-state index in [2.05, 4.69) is 43.4 Å². The number of carbonyl (C=O) groups excluding carboxylic acids is 1. The van der Waals surface area contributed by atoms with Crippen LogP contribution in [-0.2, 0) is 17.8 Å². The molecule has 1 aromatic carbocycles. The van der Waals surface area contributed by atoms with Crippen molar-refractivity contribution in [1.29, 1.82) is 0 Å². The monoisotopic (exact) mass is 363 g/mol. The molecule has 4 nitrogen and oxygen atoms in total. The summed E-state index contributed by atoms with van der Waals surface area (Å²) in [5, 5.41) is 2.97. The summed E-state index contributed by atoms with van der Waals surface area (Å²) in [5.41, 5.74) is 1.68. The van der Waals surface area contributed by atoms with E-state index in [9.17, 15) is 4.79 Å². The second-order valence-corrected chi connectivity index (χ2v) is 7.50. The number of carbonyl (C=O) groups is 1. The van der Waals surface area contributed by atoms with Gasteiger partial charge >= 0.3 is 0 Å². The first kappa shape index (κ1) is 16.7. The first-order valence-corrected chi connectivity index (χ1v) is 8.14. The highest BCUT2D eigenvalue weighted by molar-refractivity contribution is 9.11. The molecule has 118 valence electrons. The largest absolute Gasteiger partial charge is 0.355 e. The van der Waals surface area contributed by atoms with Gasteiger partial charge < -0.3 is 9.88 Å². The first-order chi connectivity index (χ1) is 10.3. The van der Waals surface area contributed by atoms with Crippen molar-refractivity contribution in [3.05, 3.63) is 41.2 Å². The molecule has 1 amide bonds. The SMILES string of the molecule is C=C(Br)Cn1c(CCNC(=O)C(C)(C)C)nc2ccccc21. The van der Waals surface area contributed by atoms with Crippen molar-refractivity contribution in [2.24, 2.45) is 5.41 Å². The maximum Gasteiger partial charge on any atom is 0.225 e. The maximum absolute atomic E-state index is 11.9. The van der Waals surface area contributed by atoms with Gasteiger partial charge in [-0.25, -0.2) is 4.98 Å². The molecule has 2 rings (SSSR count). The Morgan fingerprint density at radius 2 is 2.05 bits per heavy atom. The minimum atomic E-state index is -0.371. The average Bonchev–Trinajstić information content (AvgIpc) is 2.75. The molecule has 0 saturated carbocycles. The lowest BCUT2D eigenvalue weighted by atomic mass is 9.96. The number of amides is 1. The van der Waals surface area contributed by atoms with Crippen LogP contribution in [0.3, 0.4) is 0 Å². The number of allylic oxidation sites excluding steroid dienone is 1. The summed E-state index contributed by atoms with van der Waals surface area (Å²) in [6, 6.07) is 8.03. The van der Waals surface area contributed by atoms with Crippen LogP contribution in [0.4, 0.5) is 0 Å². The van der Waals surface area contributed by atoms with Gasteiger partial charge in [0.2, 0.25) is 5.91 Å². The van der Waals surface area contributed by atoms with E-state index in [4.69, 9.17) is 0 Å². The van der Waals surface area contributed by atoms with Crippen molar-refractivity contribution < 1.29 is 4.79 Å². The normalized spacial score (nSPS) is 11.6. The quantitative estimate of drug-likeness (QED) is 0.880. The fraction of sp³-hybridized carbons (Fsp3) is 0.412. The molecule has 0 unspecified atom stereocenters. The predicted molar refractivity (Wildman–Crippen MR) is 94.0 cm³/mol. The molecule has 0 atom stereocenters. The molecule has 0 aliphatic rings. The summed E-state index contributed by atoms with van der Waals surface area (Å²) in [6.07, 6.45) is 0.691. The molecule has 0 saturated heterocycles. The second-order valence-electron chi connectivity index (χ2n) is 6.38. The van der Waals surface area contributed by atoms with Crippen molar-refractivity contribution in [3.63, 3.8) is 0 Å².